The average molecular weight is 294 g/mol. The lowest BCUT2D eigenvalue weighted by atomic mass is 10.0. The maximum absolute atomic E-state index is 10.6. The fourth-order valence-electron chi connectivity index (χ4n) is 1.09. The molecule has 1 N–H and O–H groups in total. The molecule has 1 rings (SSSR count). The largest absolute Gasteiger partial charge is 0.481 e. The second-order valence-corrected chi connectivity index (χ2v) is 4.57. The van der Waals surface area contributed by atoms with Crippen LogP contribution in [0.1, 0.15) is 20.3 Å². The molecule has 0 aliphatic heterocycles. The maximum Gasteiger partial charge on any atom is 0.305 e. The molecule has 4 nitrogen and oxygen atoms in total. The summed E-state index contributed by atoms with van der Waals surface area (Å²) >= 11 is 2.09. The predicted octanol–water partition coefficient (Wildman–Crippen LogP) is 1.70. The van der Waals surface area contributed by atoms with E-state index in [0.29, 0.717) is 0 Å². The van der Waals surface area contributed by atoms with E-state index in [-0.39, 0.29) is 6.42 Å². The lowest BCUT2D eigenvalue weighted by Gasteiger charge is -2.22. The Morgan fingerprint density at radius 1 is 1.77 bits per heavy atom. The molecule has 0 aromatic carbocycles. The maximum atomic E-state index is 10.6. The number of rotatable bonds is 3. The third-order valence-corrected chi connectivity index (χ3v) is 2.34. The first-order chi connectivity index (χ1) is 5.92. The molecule has 0 saturated heterocycles. The van der Waals surface area contributed by atoms with Crippen molar-refractivity contribution in [1.29, 1.82) is 0 Å². The van der Waals surface area contributed by atoms with Crippen LogP contribution in [0.3, 0.4) is 0 Å². The topological polar surface area (TPSA) is 55.1 Å². The minimum absolute atomic E-state index is 0.0742. The van der Waals surface area contributed by atoms with Crippen molar-refractivity contribution in [2.45, 2.75) is 25.8 Å². The van der Waals surface area contributed by atoms with Crippen molar-refractivity contribution in [1.82, 2.24) is 9.78 Å². The number of carboxylic acids is 1. The van der Waals surface area contributed by atoms with E-state index in [1.54, 1.807) is 10.9 Å². The van der Waals surface area contributed by atoms with Gasteiger partial charge in [0.15, 0.2) is 0 Å². The molecule has 0 aliphatic carbocycles. The van der Waals surface area contributed by atoms with Crippen molar-refractivity contribution in [3.63, 3.8) is 0 Å². The summed E-state index contributed by atoms with van der Waals surface area (Å²) in [6.45, 7) is 3.70. The molecule has 1 aromatic heterocycles. The number of hydrogen-bond donors (Lipinski definition) is 1. The fourth-order valence-corrected chi connectivity index (χ4v) is 1.48. The number of carbonyl (C=O) groups is 1. The van der Waals surface area contributed by atoms with Gasteiger partial charge in [-0.3, -0.25) is 9.48 Å². The average Bonchev–Trinajstić information content (AvgIpc) is 2.32. The lowest BCUT2D eigenvalue weighted by molar-refractivity contribution is -0.139. The van der Waals surface area contributed by atoms with Gasteiger partial charge >= 0.3 is 5.97 Å². The van der Waals surface area contributed by atoms with E-state index < -0.39 is 11.5 Å². The molecule has 1 aromatic rings. The first-order valence-corrected chi connectivity index (χ1v) is 4.93. The van der Waals surface area contributed by atoms with Crippen molar-refractivity contribution >= 4 is 28.6 Å². The van der Waals surface area contributed by atoms with Gasteiger partial charge in [-0.25, -0.2) is 0 Å². The zero-order valence-corrected chi connectivity index (χ0v) is 9.65. The second-order valence-electron chi connectivity index (χ2n) is 3.47. The molecule has 0 saturated carbocycles. The van der Waals surface area contributed by atoms with Crippen molar-refractivity contribution in [2.75, 3.05) is 0 Å². The van der Waals surface area contributed by atoms with E-state index in [0.717, 1.165) is 3.70 Å². The molecule has 0 radical (unpaired) electrons. The Hall–Kier alpha value is -0.590. The van der Waals surface area contributed by atoms with Gasteiger partial charge in [0.05, 0.1) is 12.0 Å². The van der Waals surface area contributed by atoms with Crippen LogP contribution in [-0.2, 0) is 10.3 Å². The van der Waals surface area contributed by atoms with E-state index in [9.17, 15) is 4.79 Å². The zero-order chi connectivity index (χ0) is 10.1. The Kier molecular flexibility index (Phi) is 2.94. The monoisotopic (exact) mass is 294 g/mol. The molecule has 0 amide bonds. The molecular weight excluding hydrogens is 283 g/mol. The number of aromatic nitrogens is 2. The minimum atomic E-state index is -0.810. The molecule has 13 heavy (non-hydrogen) atoms. The Morgan fingerprint density at radius 2 is 2.38 bits per heavy atom. The summed E-state index contributed by atoms with van der Waals surface area (Å²) in [7, 11) is 0. The summed E-state index contributed by atoms with van der Waals surface area (Å²) in [5.74, 6) is -0.810. The molecule has 0 unspecified atom stereocenters. The highest BCUT2D eigenvalue weighted by Gasteiger charge is 2.24. The van der Waals surface area contributed by atoms with Crippen LogP contribution >= 0.6 is 22.6 Å². The zero-order valence-electron chi connectivity index (χ0n) is 7.49. The van der Waals surface area contributed by atoms with Crippen LogP contribution in [-0.4, -0.2) is 20.9 Å². The van der Waals surface area contributed by atoms with Crippen LogP contribution in [0.4, 0.5) is 0 Å². The number of nitrogens with zero attached hydrogens (tertiary/aromatic N) is 2. The molecule has 0 bridgehead atoms. The number of hydrogen-bond acceptors (Lipinski definition) is 2. The van der Waals surface area contributed by atoms with Gasteiger partial charge in [0, 0.05) is 6.20 Å². The Bertz CT molecular complexity index is 320. The highest BCUT2D eigenvalue weighted by Crippen LogP contribution is 2.19. The molecular formula is C8H11IN2O2. The van der Waals surface area contributed by atoms with Crippen LogP contribution < -0.4 is 0 Å². The number of carboxylic acid groups (broad SMARTS) is 1. The Morgan fingerprint density at radius 3 is 2.77 bits per heavy atom. The number of halogens is 1. The molecule has 1 heterocycles. The van der Waals surface area contributed by atoms with E-state index >= 15 is 0 Å². The standard InChI is InChI=1S/C8H11IN2O2/c1-8(2,5-7(12)13)11-4-3-6(9)10-11/h3-4H,5H2,1-2H3,(H,12,13). The van der Waals surface area contributed by atoms with Gasteiger partial charge in [0.1, 0.15) is 3.70 Å². The summed E-state index contributed by atoms with van der Waals surface area (Å²) in [6, 6.07) is 1.85. The molecule has 5 heteroatoms. The Labute approximate surface area is 90.1 Å². The summed E-state index contributed by atoms with van der Waals surface area (Å²) in [6.07, 6.45) is 1.87. The third-order valence-electron chi connectivity index (χ3n) is 1.76. The summed E-state index contributed by atoms with van der Waals surface area (Å²) in [5, 5.41) is 12.8. The van der Waals surface area contributed by atoms with Crippen molar-refractivity contribution in [3.8, 4) is 0 Å². The van der Waals surface area contributed by atoms with Crippen molar-refractivity contribution in [3.05, 3.63) is 16.0 Å². The Balaban J connectivity index is 2.86. The van der Waals surface area contributed by atoms with Gasteiger partial charge in [-0.2, -0.15) is 5.10 Å². The highest BCUT2D eigenvalue weighted by atomic mass is 127. The molecule has 72 valence electrons. The molecule has 0 aliphatic rings. The molecule has 0 spiro atoms. The van der Waals surface area contributed by atoms with Gasteiger partial charge < -0.3 is 5.11 Å². The van der Waals surface area contributed by atoms with E-state index in [1.807, 2.05) is 19.9 Å². The summed E-state index contributed by atoms with van der Waals surface area (Å²) in [5.41, 5.74) is -0.463. The number of aliphatic carboxylic acids is 1. The van der Waals surface area contributed by atoms with Crippen LogP contribution in [0.5, 0.6) is 0 Å². The van der Waals surface area contributed by atoms with Crippen LogP contribution in [0.25, 0.3) is 0 Å². The first-order valence-electron chi connectivity index (χ1n) is 3.85. The lowest BCUT2D eigenvalue weighted by Crippen LogP contribution is -2.29. The predicted molar refractivity (Wildman–Crippen MR) is 56.5 cm³/mol. The van der Waals surface area contributed by atoms with E-state index in [4.69, 9.17) is 5.11 Å². The molecule has 0 fully saturated rings. The van der Waals surface area contributed by atoms with Gasteiger partial charge in [-0.05, 0) is 42.5 Å². The van der Waals surface area contributed by atoms with Crippen molar-refractivity contribution in [2.24, 2.45) is 0 Å². The van der Waals surface area contributed by atoms with Crippen LogP contribution in [0.2, 0.25) is 0 Å². The minimum Gasteiger partial charge on any atom is -0.481 e. The smallest absolute Gasteiger partial charge is 0.305 e. The quantitative estimate of drug-likeness (QED) is 0.863. The SMILES string of the molecule is CC(C)(CC(=O)O)n1ccc(I)n1. The highest BCUT2D eigenvalue weighted by molar-refractivity contribution is 14.1. The van der Waals surface area contributed by atoms with Gasteiger partial charge in [-0.15, -0.1) is 0 Å². The fraction of sp³-hybridized carbons (Fsp3) is 0.500. The first kappa shape index (κ1) is 10.5. The van der Waals surface area contributed by atoms with E-state index in [2.05, 4.69) is 27.7 Å². The van der Waals surface area contributed by atoms with Crippen LogP contribution in [0.15, 0.2) is 12.3 Å². The van der Waals surface area contributed by atoms with E-state index in [1.165, 1.54) is 0 Å². The third kappa shape index (κ3) is 2.68. The normalized spacial score (nSPS) is 11.6. The second kappa shape index (κ2) is 3.65. The van der Waals surface area contributed by atoms with Gasteiger partial charge in [0.2, 0.25) is 0 Å². The van der Waals surface area contributed by atoms with Gasteiger partial charge in [0.25, 0.3) is 0 Å². The summed E-state index contributed by atoms with van der Waals surface area (Å²) in [4.78, 5) is 10.6. The summed E-state index contributed by atoms with van der Waals surface area (Å²) < 4.78 is 2.55. The van der Waals surface area contributed by atoms with Crippen molar-refractivity contribution < 1.29 is 9.90 Å². The van der Waals surface area contributed by atoms with Crippen LogP contribution in [0, 0.1) is 3.70 Å². The van der Waals surface area contributed by atoms with Gasteiger partial charge in [-0.1, -0.05) is 0 Å². The molecule has 0 atom stereocenters.